The molecule has 0 bridgehead atoms. The minimum atomic E-state index is -0.0729. The van der Waals surface area contributed by atoms with Crippen LogP contribution >= 0.6 is 38.5 Å². The molecule has 0 saturated heterocycles. The van der Waals surface area contributed by atoms with Gasteiger partial charge in [0.1, 0.15) is 9.39 Å². The summed E-state index contributed by atoms with van der Waals surface area (Å²) < 4.78 is 0.657. The number of aromatic nitrogens is 2. The van der Waals surface area contributed by atoms with Gasteiger partial charge in [0.25, 0.3) is 5.56 Å². The second kappa shape index (κ2) is 6.47. The molecule has 0 amide bonds. The average molecular weight is 386 g/mol. The molecule has 0 aliphatic heterocycles. The summed E-state index contributed by atoms with van der Waals surface area (Å²) >= 11 is 5.44. The van der Waals surface area contributed by atoms with Gasteiger partial charge in [-0.3, -0.25) is 4.79 Å². The maximum Gasteiger partial charge on any atom is 0.266 e. The SMILES string of the molecule is CCCN(CCBr)c1nc[nH]c(=O)c1I. The lowest BCUT2D eigenvalue weighted by Gasteiger charge is -2.22. The Bertz CT molecular complexity index is 363. The van der Waals surface area contributed by atoms with Gasteiger partial charge >= 0.3 is 0 Å². The van der Waals surface area contributed by atoms with Crippen LogP contribution in [0.5, 0.6) is 0 Å². The van der Waals surface area contributed by atoms with E-state index in [0.717, 1.165) is 30.7 Å². The van der Waals surface area contributed by atoms with Crippen molar-refractivity contribution in [1.82, 2.24) is 9.97 Å². The van der Waals surface area contributed by atoms with Gasteiger partial charge in [-0.05, 0) is 29.0 Å². The summed E-state index contributed by atoms with van der Waals surface area (Å²) in [4.78, 5) is 20.3. The normalized spacial score (nSPS) is 10.3. The van der Waals surface area contributed by atoms with Gasteiger partial charge in [0.15, 0.2) is 0 Å². The molecule has 0 saturated carbocycles. The first-order valence-electron chi connectivity index (χ1n) is 4.74. The Labute approximate surface area is 111 Å². The molecule has 6 heteroatoms. The molecule has 1 heterocycles. The minimum absolute atomic E-state index is 0.0729. The Kier molecular flexibility index (Phi) is 5.59. The molecule has 1 aromatic heterocycles. The number of anilines is 1. The second-order valence-corrected chi connectivity index (χ2v) is 4.92. The molecule has 0 aliphatic rings. The molecule has 4 nitrogen and oxygen atoms in total. The number of hydrogen-bond acceptors (Lipinski definition) is 3. The molecule has 0 radical (unpaired) electrons. The zero-order valence-electron chi connectivity index (χ0n) is 8.46. The summed E-state index contributed by atoms with van der Waals surface area (Å²) in [6.07, 6.45) is 2.49. The molecule has 1 rings (SSSR count). The van der Waals surface area contributed by atoms with Crippen LogP contribution in [0.4, 0.5) is 5.82 Å². The van der Waals surface area contributed by atoms with E-state index in [0.29, 0.717) is 3.57 Å². The van der Waals surface area contributed by atoms with Crippen molar-refractivity contribution in [2.24, 2.45) is 0 Å². The average Bonchev–Trinajstić information content (AvgIpc) is 2.22. The van der Waals surface area contributed by atoms with Gasteiger partial charge in [-0.15, -0.1) is 0 Å². The van der Waals surface area contributed by atoms with Crippen molar-refractivity contribution in [2.45, 2.75) is 13.3 Å². The molecule has 0 aliphatic carbocycles. The van der Waals surface area contributed by atoms with E-state index in [2.05, 4.69) is 37.7 Å². The second-order valence-electron chi connectivity index (χ2n) is 3.05. The van der Waals surface area contributed by atoms with Crippen LogP contribution in [0.25, 0.3) is 0 Å². The summed E-state index contributed by atoms with van der Waals surface area (Å²) in [5, 5.41) is 0.873. The molecule has 0 unspecified atom stereocenters. The summed E-state index contributed by atoms with van der Waals surface area (Å²) in [6.45, 7) is 3.89. The number of halogens is 2. The fourth-order valence-electron chi connectivity index (χ4n) is 1.29. The smallest absolute Gasteiger partial charge is 0.266 e. The molecule has 0 atom stereocenters. The van der Waals surface area contributed by atoms with E-state index in [1.165, 1.54) is 6.33 Å². The van der Waals surface area contributed by atoms with Crippen LogP contribution in [-0.4, -0.2) is 28.4 Å². The molecule has 0 spiro atoms. The number of aromatic amines is 1. The van der Waals surface area contributed by atoms with Crippen molar-refractivity contribution >= 4 is 44.3 Å². The molecule has 0 fully saturated rings. The Morgan fingerprint density at radius 1 is 1.60 bits per heavy atom. The molecular weight excluding hydrogens is 373 g/mol. The van der Waals surface area contributed by atoms with Crippen molar-refractivity contribution in [3.8, 4) is 0 Å². The lowest BCUT2D eigenvalue weighted by molar-refractivity contribution is 0.777. The van der Waals surface area contributed by atoms with Gasteiger partial charge in [-0.1, -0.05) is 22.9 Å². The molecule has 0 aromatic carbocycles. The van der Waals surface area contributed by atoms with Crippen LogP contribution in [0.1, 0.15) is 13.3 Å². The predicted octanol–water partition coefficient (Wildman–Crippen LogP) is 1.99. The Morgan fingerprint density at radius 2 is 2.33 bits per heavy atom. The van der Waals surface area contributed by atoms with Crippen molar-refractivity contribution in [1.29, 1.82) is 0 Å². The predicted molar refractivity (Wildman–Crippen MR) is 73.9 cm³/mol. The molecule has 15 heavy (non-hydrogen) atoms. The van der Waals surface area contributed by atoms with Gasteiger partial charge < -0.3 is 9.88 Å². The number of alkyl halides is 1. The standard InChI is InChI=1S/C9H13BrIN3O/c1-2-4-14(5-3-10)8-7(11)9(15)13-6-12-8/h6H,2-5H2,1H3,(H,12,13,15). The summed E-state index contributed by atoms with van der Waals surface area (Å²) in [5.74, 6) is 0.778. The van der Waals surface area contributed by atoms with Gasteiger partial charge in [0, 0.05) is 18.4 Å². The minimum Gasteiger partial charge on any atom is -0.355 e. The van der Waals surface area contributed by atoms with E-state index in [1.807, 2.05) is 22.6 Å². The third-order valence-electron chi connectivity index (χ3n) is 1.93. The van der Waals surface area contributed by atoms with Crippen LogP contribution in [-0.2, 0) is 0 Å². The van der Waals surface area contributed by atoms with Crippen LogP contribution in [0, 0.1) is 3.57 Å². The van der Waals surface area contributed by atoms with Gasteiger partial charge in [-0.2, -0.15) is 0 Å². The van der Waals surface area contributed by atoms with Crippen molar-refractivity contribution in [3.63, 3.8) is 0 Å². The van der Waals surface area contributed by atoms with Crippen LogP contribution in [0.2, 0.25) is 0 Å². The zero-order valence-corrected chi connectivity index (χ0v) is 12.2. The lowest BCUT2D eigenvalue weighted by atomic mass is 10.4. The first kappa shape index (κ1) is 13.0. The maximum atomic E-state index is 11.4. The highest BCUT2D eigenvalue weighted by atomic mass is 127. The molecule has 84 valence electrons. The van der Waals surface area contributed by atoms with Crippen LogP contribution in [0.15, 0.2) is 11.1 Å². The monoisotopic (exact) mass is 385 g/mol. The molecule has 1 aromatic rings. The topological polar surface area (TPSA) is 49.0 Å². The molecular formula is C9H13BrIN3O. The van der Waals surface area contributed by atoms with Gasteiger partial charge in [0.05, 0.1) is 6.33 Å². The quantitative estimate of drug-likeness (QED) is 0.622. The highest BCUT2D eigenvalue weighted by Crippen LogP contribution is 2.15. The fourth-order valence-corrected chi connectivity index (χ4v) is 2.35. The zero-order chi connectivity index (χ0) is 11.3. The summed E-state index contributed by atoms with van der Waals surface area (Å²) in [7, 11) is 0. The summed E-state index contributed by atoms with van der Waals surface area (Å²) in [5.41, 5.74) is -0.0729. The fraction of sp³-hybridized carbons (Fsp3) is 0.556. The van der Waals surface area contributed by atoms with Crippen LogP contribution < -0.4 is 10.5 Å². The lowest BCUT2D eigenvalue weighted by Crippen LogP contribution is -2.30. The third-order valence-corrected chi connectivity index (χ3v) is 3.25. The number of hydrogen-bond donors (Lipinski definition) is 1. The number of nitrogens with one attached hydrogen (secondary N) is 1. The maximum absolute atomic E-state index is 11.4. The van der Waals surface area contributed by atoms with Crippen LogP contribution in [0.3, 0.4) is 0 Å². The molecule has 1 N–H and O–H groups in total. The first-order valence-corrected chi connectivity index (χ1v) is 6.94. The van der Waals surface area contributed by atoms with Crippen molar-refractivity contribution < 1.29 is 0 Å². The number of rotatable bonds is 5. The van der Waals surface area contributed by atoms with E-state index in [-0.39, 0.29) is 5.56 Å². The highest BCUT2D eigenvalue weighted by molar-refractivity contribution is 14.1. The van der Waals surface area contributed by atoms with E-state index in [9.17, 15) is 4.79 Å². The largest absolute Gasteiger partial charge is 0.355 e. The van der Waals surface area contributed by atoms with Gasteiger partial charge in [0.2, 0.25) is 0 Å². The Hall–Kier alpha value is -0.110. The number of nitrogens with zero attached hydrogens (tertiary/aromatic N) is 2. The van der Waals surface area contributed by atoms with Crippen molar-refractivity contribution in [2.75, 3.05) is 23.3 Å². The van der Waals surface area contributed by atoms with Crippen molar-refractivity contribution in [3.05, 3.63) is 20.3 Å². The Morgan fingerprint density at radius 3 is 2.93 bits per heavy atom. The summed E-state index contributed by atoms with van der Waals surface area (Å²) in [6, 6.07) is 0. The van der Waals surface area contributed by atoms with E-state index in [4.69, 9.17) is 0 Å². The third kappa shape index (κ3) is 3.44. The van der Waals surface area contributed by atoms with E-state index in [1.54, 1.807) is 0 Å². The Balaban J connectivity index is 2.99. The van der Waals surface area contributed by atoms with E-state index < -0.39 is 0 Å². The van der Waals surface area contributed by atoms with Gasteiger partial charge in [-0.25, -0.2) is 4.98 Å². The highest BCUT2D eigenvalue weighted by Gasteiger charge is 2.12. The number of H-pyrrole nitrogens is 1. The first-order chi connectivity index (χ1) is 7.20. The van der Waals surface area contributed by atoms with E-state index >= 15 is 0 Å².